The van der Waals surface area contributed by atoms with E-state index in [4.69, 9.17) is 10.2 Å². The van der Waals surface area contributed by atoms with Gasteiger partial charge >= 0.3 is 0 Å². The molecule has 2 rings (SSSR count). The van der Waals surface area contributed by atoms with E-state index in [9.17, 15) is 0 Å². The van der Waals surface area contributed by atoms with Crippen LogP contribution < -0.4 is 5.73 Å². The highest BCUT2D eigenvalue weighted by Gasteiger charge is 2.07. The van der Waals surface area contributed by atoms with Gasteiger partial charge in [0.25, 0.3) is 0 Å². The van der Waals surface area contributed by atoms with Crippen LogP contribution in [0, 0.1) is 6.92 Å². The lowest BCUT2D eigenvalue weighted by Gasteiger charge is -2.06. The van der Waals surface area contributed by atoms with Gasteiger partial charge in [0.1, 0.15) is 6.26 Å². The van der Waals surface area contributed by atoms with Crippen LogP contribution in [0.5, 0.6) is 0 Å². The summed E-state index contributed by atoms with van der Waals surface area (Å²) in [5, 5.41) is 0. The molecule has 0 aromatic carbocycles. The van der Waals surface area contributed by atoms with Crippen molar-refractivity contribution in [2.45, 2.75) is 26.3 Å². The monoisotopic (exact) mass is 217 g/mol. The van der Waals surface area contributed by atoms with Crippen LogP contribution in [-0.4, -0.2) is 16.0 Å². The predicted molar refractivity (Wildman–Crippen MR) is 61.8 cm³/mol. The van der Waals surface area contributed by atoms with Crippen molar-refractivity contribution < 1.29 is 4.42 Å². The molecular weight excluding hydrogens is 202 g/mol. The zero-order valence-corrected chi connectivity index (χ0v) is 9.47. The van der Waals surface area contributed by atoms with Gasteiger partial charge in [0.15, 0.2) is 5.82 Å². The van der Waals surface area contributed by atoms with E-state index in [2.05, 4.69) is 9.97 Å². The Morgan fingerprint density at radius 2 is 2.25 bits per heavy atom. The van der Waals surface area contributed by atoms with Crippen LogP contribution in [0.3, 0.4) is 0 Å². The quantitative estimate of drug-likeness (QED) is 0.853. The van der Waals surface area contributed by atoms with Crippen LogP contribution in [0.2, 0.25) is 0 Å². The fourth-order valence-corrected chi connectivity index (χ4v) is 1.59. The van der Waals surface area contributed by atoms with Crippen LogP contribution in [0.1, 0.15) is 18.3 Å². The molecule has 84 valence electrons. The van der Waals surface area contributed by atoms with E-state index >= 15 is 0 Å². The number of rotatable bonds is 3. The number of hydrogen-bond donors (Lipinski definition) is 1. The average Bonchev–Trinajstić information content (AvgIpc) is 2.67. The molecule has 0 saturated carbocycles. The maximum atomic E-state index is 5.76. The summed E-state index contributed by atoms with van der Waals surface area (Å²) >= 11 is 0. The van der Waals surface area contributed by atoms with Crippen molar-refractivity contribution in [2.75, 3.05) is 0 Å². The number of aromatic nitrogens is 2. The second-order valence-corrected chi connectivity index (χ2v) is 4.02. The van der Waals surface area contributed by atoms with Crippen molar-refractivity contribution in [2.24, 2.45) is 5.73 Å². The SMILES string of the molecule is Cc1cc(CC(C)N)nc(-c2ccoc2)n1. The maximum Gasteiger partial charge on any atom is 0.162 e. The molecule has 0 fully saturated rings. The molecule has 4 nitrogen and oxygen atoms in total. The van der Waals surface area contributed by atoms with Crippen LogP contribution in [0.25, 0.3) is 11.4 Å². The molecule has 0 saturated heterocycles. The molecule has 1 unspecified atom stereocenters. The molecule has 0 amide bonds. The van der Waals surface area contributed by atoms with E-state index < -0.39 is 0 Å². The minimum absolute atomic E-state index is 0.103. The van der Waals surface area contributed by atoms with Gasteiger partial charge in [0.05, 0.1) is 11.8 Å². The molecule has 2 heterocycles. The number of hydrogen-bond acceptors (Lipinski definition) is 4. The first-order valence-corrected chi connectivity index (χ1v) is 5.28. The average molecular weight is 217 g/mol. The van der Waals surface area contributed by atoms with E-state index in [-0.39, 0.29) is 6.04 Å². The molecule has 0 aliphatic rings. The Kier molecular flexibility index (Phi) is 3.01. The second kappa shape index (κ2) is 4.45. The minimum atomic E-state index is 0.103. The van der Waals surface area contributed by atoms with Crippen LogP contribution in [0.15, 0.2) is 29.1 Å². The number of nitrogens with zero attached hydrogens (tertiary/aromatic N) is 2. The van der Waals surface area contributed by atoms with Gasteiger partial charge in [-0.15, -0.1) is 0 Å². The minimum Gasteiger partial charge on any atom is -0.472 e. The summed E-state index contributed by atoms with van der Waals surface area (Å²) in [4.78, 5) is 8.84. The van der Waals surface area contributed by atoms with Gasteiger partial charge in [0.2, 0.25) is 0 Å². The molecule has 0 bridgehead atoms. The molecule has 1 atom stereocenters. The first-order valence-electron chi connectivity index (χ1n) is 5.28. The Morgan fingerprint density at radius 3 is 2.88 bits per heavy atom. The number of furan rings is 1. The Labute approximate surface area is 94.5 Å². The Morgan fingerprint density at radius 1 is 1.44 bits per heavy atom. The van der Waals surface area contributed by atoms with E-state index in [1.54, 1.807) is 12.5 Å². The third-order valence-electron chi connectivity index (χ3n) is 2.22. The summed E-state index contributed by atoms with van der Waals surface area (Å²) in [5.74, 6) is 0.699. The van der Waals surface area contributed by atoms with Crippen molar-refractivity contribution in [1.29, 1.82) is 0 Å². The molecule has 0 aliphatic heterocycles. The summed E-state index contributed by atoms with van der Waals surface area (Å²) in [6.45, 7) is 3.92. The van der Waals surface area contributed by atoms with Gasteiger partial charge in [-0.05, 0) is 26.0 Å². The van der Waals surface area contributed by atoms with E-state index in [0.29, 0.717) is 5.82 Å². The molecule has 2 aromatic rings. The third kappa shape index (κ3) is 2.46. The first-order chi connectivity index (χ1) is 7.65. The van der Waals surface area contributed by atoms with Gasteiger partial charge in [0, 0.05) is 23.9 Å². The Bertz CT molecular complexity index is 463. The smallest absolute Gasteiger partial charge is 0.162 e. The largest absolute Gasteiger partial charge is 0.472 e. The van der Waals surface area contributed by atoms with E-state index in [1.165, 1.54) is 0 Å². The van der Waals surface area contributed by atoms with Gasteiger partial charge in [-0.3, -0.25) is 0 Å². The van der Waals surface area contributed by atoms with E-state index in [0.717, 1.165) is 23.4 Å². The van der Waals surface area contributed by atoms with Gasteiger partial charge in [-0.1, -0.05) is 0 Å². The fourth-order valence-electron chi connectivity index (χ4n) is 1.59. The number of nitrogens with two attached hydrogens (primary N) is 1. The van der Waals surface area contributed by atoms with E-state index in [1.807, 2.05) is 26.0 Å². The van der Waals surface area contributed by atoms with Crippen molar-refractivity contribution in [3.8, 4) is 11.4 Å². The first kappa shape index (κ1) is 10.8. The Hall–Kier alpha value is -1.68. The molecule has 0 aliphatic carbocycles. The predicted octanol–water partition coefficient (Wildman–Crippen LogP) is 1.93. The van der Waals surface area contributed by atoms with Gasteiger partial charge in [-0.2, -0.15) is 0 Å². The van der Waals surface area contributed by atoms with Crippen molar-refractivity contribution >= 4 is 0 Å². The Balaban J connectivity index is 2.36. The van der Waals surface area contributed by atoms with Crippen molar-refractivity contribution in [3.63, 3.8) is 0 Å². The highest BCUT2D eigenvalue weighted by molar-refractivity contribution is 5.52. The summed E-state index contributed by atoms with van der Waals surface area (Å²) in [5.41, 5.74) is 8.58. The zero-order valence-electron chi connectivity index (χ0n) is 9.47. The molecule has 16 heavy (non-hydrogen) atoms. The van der Waals surface area contributed by atoms with Crippen LogP contribution >= 0.6 is 0 Å². The van der Waals surface area contributed by atoms with Crippen LogP contribution in [0.4, 0.5) is 0 Å². The highest BCUT2D eigenvalue weighted by atomic mass is 16.3. The van der Waals surface area contributed by atoms with Gasteiger partial charge in [-0.25, -0.2) is 9.97 Å². The lowest BCUT2D eigenvalue weighted by atomic mass is 10.1. The highest BCUT2D eigenvalue weighted by Crippen LogP contribution is 2.16. The summed E-state index contributed by atoms with van der Waals surface area (Å²) in [6.07, 6.45) is 4.02. The molecule has 0 radical (unpaired) electrons. The second-order valence-electron chi connectivity index (χ2n) is 4.02. The molecule has 0 spiro atoms. The van der Waals surface area contributed by atoms with Crippen molar-refractivity contribution in [3.05, 3.63) is 36.0 Å². The molecule has 4 heteroatoms. The summed E-state index contributed by atoms with van der Waals surface area (Å²) in [6, 6.07) is 3.92. The molecule has 2 N–H and O–H groups in total. The normalized spacial score (nSPS) is 12.7. The fraction of sp³-hybridized carbons (Fsp3) is 0.333. The lowest BCUT2D eigenvalue weighted by Crippen LogP contribution is -2.18. The topological polar surface area (TPSA) is 64.9 Å². The zero-order chi connectivity index (χ0) is 11.5. The maximum absolute atomic E-state index is 5.76. The van der Waals surface area contributed by atoms with Gasteiger partial charge < -0.3 is 10.2 Å². The lowest BCUT2D eigenvalue weighted by molar-refractivity contribution is 0.568. The summed E-state index contributed by atoms with van der Waals surface area (Å²) in [7, 11) is 0. The standard InChI is InChI=1S/C12H15N3O/c1-8(13)5-11-6-9(2)14-12(15-11)10-3-4-16-7-10/h3-4,6-8H,5,13H2,1-2H3. The molecular formula is C12H15N3O. The number of aryl methyl sites for hydroxylation is 1. The summed E-state index contributed by atoms with van der Waals surface area (Å²) < 4.78 is 5.03. The third-order valence-corrected chi connectivity index (χ3v) is 2.22. The van der Waals surface area contributed by atoms with Crippen LogP contribution in [-0.2, 0) is 6.42 Å². The molecule has 2 aromatic heterocycles. The van der Waals surface area contributed by atoms with Crippen molar-refractivity contribution in [1.82, 2.24) is 9.97 Å².